The van der Waals surface area contributed by atoms with Gasteiger partial charge in [-0.2, -0.15) is 0 Å². The molecule has 0 aliphatic rings. The number of sulfonamides is 1. The maximum absolute atomic E-state index is 12.5. The van der Waals surface area contributed by atoms with Gasteiger partial charge in [-0.25, -0.2) is 17.9 Å². The Morgan fingerprint density at radius 3 is 2.30 bits per heavy atom. The summed E-state index contributed by atoms with van der Waals surface area (Å²) < 4.78 is 37.8. The van der Waals surface area contributed by atoms with Crippen LogP contribution >= 0.6 is 11.6 Å². The normalized spacial score (nSPS) is 12.1. The molecule has 0 aliphatic heterocycles. The number of ether oxygens (including phenoxy) is 2. The van der Waals surface area contributed by atoms with Crippen LogP contribution in [0.3, 0.4) is 0 Å². The molecule has 0 radical (unpaired) electrons. The fourth-order valence-electron chi connectivity index (χ4n) is 1.84. The number of rotatable bonds is 6. The second-order valence-corrected chi connectivity index (χ2v) is 7.85. The van der Waals surface area contributed by atoms with E-state index in [-0.39, 0.29) is 27.8 Å². The number of carbonyl (C=O) groups excluding carboxylic acids is 1. The molecule has 23 heavy (non-hydrogen) atoms. The highest BCUT2D eigenvalue weighted by atomic mass is 35.5. The van der Waals surface area contributed by atoms with Crippen LogP contribution in [0.5, 0.6) is 5.75 Å². The van der Waals surface area contributed by atoms with E-state index in [0.29, 0.717) is 6.61 Å². The van der Waals surface area contributed by atoms with Crippen molar-refractivity contribution in [3.63, 3.8) is 0 Å². The van der Waals surface area contributed by atoms with Crippen LogP contribution in [0, 0.1) is 0 Å². The van der Waals surface area contributed by atoms with Crippen LogP contribution in [-0.2, 0) is 14.8 Å². The van der Waals surface area contributed by atoms with Crippen molar-refractivity contribution in [2.75, 3.05) is 13.2 Å². The molecule has 0 bridgehead atoms. The van der Waals surface area contributed by atoms with Crippen molar-refractivity contribution in [1.29, 1.82) is 0 Å². The van der Waals surface area contributed by atoms with E-state index in [0.717, 1.165) is 0 Å². The van der Waals surface area contributed by atoms with Crippen LogP contribution in [0.4, 0.5) is 0 Å². The summed E-state index contributed by atoms with van der Waals surface area (Å²) in [6.07, 6.45) is 0. The largest absolute Gasteiger partial charge is 0.493 e. The highest BCUT2D eigenvalue weighted by molar-refractivity contribution is 7.89. The number of nitrogens with one attached hydrogen (secondary N) is 1. The Bertz CT molecular complexity index is 680. The van der Waals surface area contributed by atoms with Crippen molar-refractivity contribution in [3.05, 3.63) is 22.7 Å². The molecule has 0 amide bonds. The van der Waals surface area contributed by atoms with Gasteiger partial charge in [0.25, 0.3) is 0 Å². The summed E-state index contributed by atoms with van der Waals surface area (Å²) in [5, 5.41) is -0.0294. The van der Waals surface area contributed by atoms with Gasteiger partial charge >= 0.3 is 5.97 Å². The summed E-state index contributed by atoms with van der Waals surface area (Å²) in [5.74, 6) is -0.481. The molecule has 0 aromatic heterocycles. The monoisotopic (exact) mass is 363 g/mol. The molecule has 130 valence electrons. The lowest BCUT2D eigenvalue weighted by Gasteiger charge is -2.21. The lowest BCUT2D eigenvalue weighted by Crippen LogP contribution is -2.40. The molecular formula is C15H22ClNO5S. The van der Waals surface area contributed by atoms with Crippen LogP contribution in [0.2, 0.25) is 5.02 Å². The Kier molecular flexibility index (Phi) is 6.44. The molecule has 1 aromatic carbocycles. The van der Waals surface area contributed by atoms with Crippen molar-refractivity contribution in [2.24, 2.45) is 0 Å². The summed E-state index contributed by atoms with van der Waals surface area (Å²) in [4.78, 5) is 11.9. The fraction of sp³-hybridized carbons (Fsp3) is 0.533. The van der Waals surface area contributed by atoms with E-state index >= 15 is 0 Å². The third-order valence-corrected chi connectivity index (χ3v) is 4.78. The predicted molar refractivity (Wildman–Crippen MR) is 88.7 cm³/mol. The topological polar surface area (TPSA) is 81.7 Å². The van der Waals surface area contributed by atoms with Crippen molar-refractivity contribution in [1.82, 2.24) is 4.72 Å². The Morgan fingerprint density at radius 2 is 1.83 bits per heavy atom. The first-order valence-electron chi connectivity index (χ1n) is 7.19. The molecule has 0 saturated carbocycles. The van der Waals surface area contributed by atoms with E-state index in [1.165, 1.54) is 12.1 Å². The van der Waals surface area contributed by atoms with Crippen molar-refractivity contribution in [2.45, 2.75) is 45.1 Å². The maximum atomic E-state index is 12.5. The zero-order chi connectivity index (χ0) is 17.8. The molecule has 0 unspecified atom stereocenters. The first-order valence-corrected chi connectivity index (χ1v) is 9.05. The van der Waals surface area contributed by atoms with Gasteiger partial charge in [-0.1, -0.05) is 11.6 Å². The van der Waals surface area contributed by atoms with Gasteiger partial charge in [0, 0.05) is 11.6 Å². The molecule has 0 aliphatic carbocycles. The van der Waals surface area contributed by atoms with Gasteiger partial charge in [-0.05, 0) is 40.7 Å². The average Bonchev–Trinajstić information content (AvgIpc) is 2.36. The molecule has 0 spiro atoms. The molecule has 8 heteroatoms. The van der Waals surface area contributed by atoms with E-state index in [4.69, 9.17) is 21.1 Å². The van der Waals surface area contributed by atoms with Gasteiger partial charge in [0.05, 0.1) is 18.2 Å². The zero-order valence-electron chi connectivity index (χ0n) is 13.9. The first kappa shape index (κ1) is 19.7. The lowest BCUT2D eigenvalue weighted by atomic mass is 10.1. The van der Waals surface area contributed by atoms with E-state index in [1.807, 2.05) is 0 Å². The first-order chi connectivity index (χ1) is 10.5. The molecule has 0 saturated heterocycles. The Balaban J connectivity index is 3.45. The molecule has 6 nitrogen and oxygen atoms in total. The molecular weight excluding hydrogens is 342 g/mol. The summed E-state index contributed by atoms with van der Waals surface area (Å²) in [5.41, 5.74) is -0.669. The maximum Gasteiger partial charge on any atom is 0.341 e. The van der Waals surface area contributed by atoms with Crippen molar-refractivity contribution >= 4 is 27.6 Å². The summed E-state index contributed by atoms with van der Waals surface area (Å²) in [6.45, 7) is 8.99. The standard InChI is InChI=1S/C15H22ClNO5S/c1-6-21-12-9-11(16)13(8-10(12)14(18)22-7-2)23(19,20)17-15(3,4)5/h8-9,17H,6-7H2,1-5H3. The Morgan fingerprint density at radius 1 is 1.22 bits per heavy atom. The summed E-state index contributed by atoms with van der Waals surface area (Å²) >= 11 is 6.08. The van der Waals surface area contributed by atoms with Gasteiger partial charge in [-0.15, -0.1) is 0 Å². The third-order valence-electron chi connectivity index (χ3n) is 2.56. The van der Waals surface area contributed by atoms with Crippen LogP contribution < -0.4 is 9.46 Å². The fourth-order valence-corrected chi connectivity index (χ4v) is 3.81. The zero-order valence-corrected chi connectivity index (χ0v) is 15.5. The molecule has 0 atom stereocenters. The quantitative estimate of drug-likeness (QED) is 0.786. The van der Waals surface area contributed by atoms with Gasteiger partial charge < -0.3 is 9.47 Å². The molecule has 1 N–H and O–H groups in total. The molecule has 0 heterocycles. The number of benzene rings is 1. The minimum atomic E-state index is -3.90. The number of esters is 1. The average molecular weight is 364 g/mol. The predicted octanol–water partition coefficient (Wildman–Crippen LogP) is 2.99. The lowest BCUT2D eigenvalue weighted by molar-refractivity contribution is 0.0521. The summed E-state index contributed by atoms with van der Waals surface area (Å²) in [7, 11) is -3.90. The number of halogens is 1. The molecule has 1 aromatic rings. The summed E-state index contributed by atoms with van der Waals surface area (Å²) in [6, 6.07) is 2.49. The second kappa shape index (κ2) is 7.51. The van der Waals surface area contributed by atoms with Gasteiger partial charge in [0.2, 0.25) is 10.0 Å². The smallest absolute Gasteiger partial charge is 0.341 e. The van der Waals surface area contributed by atoms with Crippen LogP contribution in [-0.4, -0.2) is 33.1 Å². The van der Waals surface area contributed by atoms with Crippen LogP contribution in [0.25, 0.3) is 0 Å². The van der Waals surface area contributed by atoms with E-state index in [1.54, 1.807) is 34.6 Å². The Labute approximate surface area is 142 Å². The van der Waals surface area contributed by atoms with Gasteiger partial charge in [0.15, 0.2) is 0 Å². The highest BCUT2D eigenvalue weighted by Gasteiger charge is 2.27. The van der Waals surface area contributed by atoms with Gasteiger partial charge in [-0.3, -0.25) is 0 Å². The van der Waals surface area contributed by atoms with Crippen LogP contribution in [0.15, 0.2) is 17.0 Å². The SMILES string of the molecule is CCOC(=O)c1cc(S(=O)(=O)NC(C)(C)C)c(Cl)cc1OCC. The number of hydrogen-bond acceptors (Lipinski definition) is 5. The van der Waals surface area contributed by atoms with Gasteiger partial charge in [0.1, 0.15) is 16.2 Å². The molecule has 0 fully saturated rings. The van der Waals surface area contributed by atoms with Crippen molar-refractivity contribution in [3.8, 4) is 5.75 Å². The highest BCUT2D eigenvalue weighted by Crippen LogP contribution is 2.31. The molecule has 1 rings (SSSR count). The second-order valence-electron chi connectivity index (χ2n) is 5.79. The number of hydrogen-bond donors (Lipinski definition) is 1. The van der Waals surface area contributed by atoms with E-state index < -0.39 is 21.5 Å². The van der Waals surface area contributed by atoms with E-state index in [9.17, 15) is 13.2 Å². The van der Waals surface area contributed by atoms with Crippen molar-refractivity contribution < 1.29 is 22.7 Å². The third kappa shape index (κ3) is 5.37. The van der Waals surface area contributed by atoms with E-state index in [2.05, 4.69) is 4.72 Å². The number of carbonyl (C=O) groups is 1. The van der Waals surface area contributed by atoms with Crippen LogP contribution in [0.1, 0.15) is 45.0 Å². The minimum Gasteiger partial charge on any atom is -0.493 e. The minimum absolute atomic E-state index is 0.0207. The Hall–Kier alpha value is -1.31.